The first-order valence-electron chi connectivity index (χ1n) is 10.7. The minimum absolute atomic E-state index is 0.180. The minimum atomic E-state index is 0.180. The van der Waals surface area contributed by atoms with Crippen LogP contribution in [0.15, 0.2) is 54.6 Å². The quantitative estimate of drug-likeness (QED) is 0.751. The summed E-state index contributed by atoms with van der Waals surface area (Å²) in [5.41, 5.74) is 4.18. The molecule has 0 unspecified atom stereocenters. The minimum Gasteiger partial charge on any atom is -0.371 e. The predicted molar refractivity (Wildman–Crippen MR) is 114 cm³/mol. The van der Waals surface area contributed by atoms with Crippen molar-refractivity contribution < 1.29 is 4.79 Å². The third kappa shape index (κ3) is 4.74. The summed E-state index contributed by atoms with van der Waals surface area (Å²) in [5, 5.41) is 3.18. The number of carbonyl (C=O) groups is 1. The van der Waals surface area contributed by atoms with Crippen molar-refractivity contribution >= 4 is 11.6 Å². The Bertz CT molecular complexity index is 768. The molecule has 2 aliphatic heterocycles. The monoisotopic (exact) mass is 377 g/mol. The zero-order chi connectivity index (χ0) is 19.2. The van der Waals surface area contributed by atoms with Gasteiger partial charge in [0, 0.05) is 37.8 Å². The molecule has 2 aromatic rings. The van der Waals surface area contributed by atoms with Crippen molar-refractivity contribution in [2.75, 3.05) is 37.6 Å². The standard InChI is InChI=1S/C24H31N3O/c28-24(22-11-16-26(17-12-22)19-20-7-2-1-3-8-20)25-14-6-15-27-18-13-21-9-4-5-10-23(21)27/h1-5,7-10,22H,6,11-19H2,(H,25,28). The lowest BCUT2D eigenvalue weighted by molar-refractivity contribution is -0.126. The van der Waals surface area contributed by atoms with E-state index in [4.69, 9.17) is 0 Å². The number of hydrogen-bond donors (Lipinski definition) is 1. The van der Waals surface area contributed by atoms with Crippen LogP contribution in [0.3, 0.4) is 0 Å². The number of amides is 1. The second kappa shape index (κ2) is 9.24. The van der Waals surface area contributed by atoms with Gasteiger partial charge in [-0.15, -0.1) is 0 Å². The van der Waals surface area contributed by atoms with Crippen molar-refractivity contribution in [2.45, 2.75) is 32.2 Å². The molecule has 0 radical (unpaired) electrons. The number of carbonyl (C=O) groups excluding carboxylic acids is 1. The highest BCUT2D eigenvalue weighted by Crippen LogP contribution is 2.27. The molecule has 0 atom stereocenters. The van der Waals surface area contributed by atoms with Crippen molar-refractivity contribution in [2.24, 2.45) is 5.92 Å². The summed E-state index contributed by atoms with van der Waals surface area (Å²) in [5.74, 6) is 0.431. The highest BCUT2D eigenvalue weighted by Gasteiger charge is 2.25. The Morgan fingerprint density at radius 2 is 1.71 bits per heavy atom. The van der Waals surface area contributed by atoms with Gasteiger partial charge in [0.15, 0.2) is 0 Å². The Kier molecular flexibility index (Phi) is 6.27. The van der Waals surface area contributed by atoms with Gasteiger partial charge in [-0.05, 0) is 56.0 Å². The van der Waals surface area contributed by atoms with Crippen molar-refractivity contribution in [3.05, 3.63) is 65.7 Å². The normalized spacial score (nSPS) is 17.5. The van der Waals surface area contributed by atoms with Crippen LogP contribution in [0.25, 0.3) is 0 Å². The molecule has 2 aromatic carbocycles. The van der Waals surface area contributed by atoms with Crippen LogP contribution in [0.5, 0.6) is 0 Å². The molecular formula is C24H31N3O. The van der Waals surface area contributed by atoms with Crippen LogP contribution in [0, 0.1) is 5.92 Å². The number of likely N-dealkylation sites (tertiary alicyclic amines) is 1. The highest BCUT2D eigenvalue weighted by molar-refractivity contribution is 5.78. The first kappa shape index (κ1) is 19.0. The molecule has 4 heteroatoms. The molecule has 0 saturated carbocycles. The summed E-state index contributed by atoms with van der Waals surface area (Å²) < 4.78 is 0. The lowest BCUT2D eigenvalue weighted by Crippen LogP contribution is -2.40. The third-order valence-electron chi connectivity index (χ3n) is 6.09. The number of rotatable bonds is 7. The van der Waals surface area contributed by atoms with Gasteiger partial charge >= 0.3 is 0 Å². The van der Waals surface area contributed by atoms with Crippen LogP contribution in [0.2, 0.25) is 0 Å². The first-order valence-corrected chi connectivity index (χ1v) is 10.7. The lowest BCUT2D eigenvalue weighted by atomic mass is 9.95. The number of anilines is 1. The zero-order valence-corrected chi connectivity index (χ0v) is 16.6. The van der Waals surface area contributed by atoms with Gasteiger partial charge in [-0.3, -0.25) is 9.69 Å². The first-order chi connectivity index (χ1) is 13.8. The molecule has 0 aromatic heterocycles. The molecule has 2 heterocycles. The van der Waals surface area contributed by atoms with Gasteiger partial charge in [-0.1, -0.05) is 48.5 Å². The van der Waals surface area contributed by atoms with Crippen LogP contribution in [-0.4, -0.2) is 43.5 Å². The number of hydrogen-bond acceptors (Lipinski definition) is 3. The highest BCUT2D eigenvalue weighted by atomic mass is 16.1. The Hall–Kier alpha value is -2.33. The summed E-state index contributed by atoms with van der Waals surface area (Å²) in [4.78, 5) is 17.4. The average molecular weight is 378 g/mol. The van der Waals surface area contributed by atoms with E-state index in [0.717, 1.165) is 65.0 Å². The van der Waals surface area contributed by atoms with Crippen molar-refractivity contribution in [1.29, 1.82) is 0 Å². The maximum Gasteiger partial charge on any atom is 0.223 e. The van der Waals surface area contributed by atoms with Crippen LogP contribution < -0.4 is 10.2 Å². The summed E-state index contributed by atoms with van der Waals surface area (Å²) in [6, 6.07) is 19.3. The number of benzene rings is 2. The number of piperidine rings is 1. The molecule has 1 amide bonds. The molecule has 28 heavy (non-hydrogen) atoms. The molecule has 1 N–H and O–H groups in total. The fraction of sp³-hybridized carbons (Fsp3) is 0.458. The van der Waals surface area contributed by atoms with Gasteiger partial charge < -0.3 is 10.2 Å². The van der Waals surface area contributed by atoms with Crippen molar-refractivity contribution in [3.8, 4) is 0 Å². The molecular weight excluding hydrogens is 346 g/mol. The van der Waals surface area contributed by atoms with Gasteiger partial charge in [-0.25, -0.2) is 0 Å². The van der Waals surface area contributed by atoms with Crippen LogP contribution in [-0.2, 0) is 17.8 Å². The largest absolute Gasteiger partial charge is 0.371 e. The Labute approximate surface area is 168 Å². The van der Waals surface area contributed by atoms with Gasteiger partial charge in [0.2, 0.25) is 5.91 Å². The molecule has 0 bridgehead atoms. The van der Waals surface area contributed by atoms with E-state index < -0.39 is 0 Å². The molecule has 0 spiro atoms. The molecule has 1 fully saturated rings. The Morgan fingerprint density at radius 3 is 2.54 bits per heavy atom. The van der Waals surface area contributed by atoms with Gasteiger partial charge in [0.1, 0.15) is 0 Å². The Balaban J connectivity index is 1.14. The van der Waals surface area contributed by atoms with Crippen molar-refractivity contribution in [1.82, 2.24) is 10.2 Å². The molecule has 4 rings (SSSR count). The van der Waals surface area contributed by atoms with E-state index in [1.165, 1.54) is 16.8 Å². The SMILES string of the molecule is O=C(NCCCN1CCc2ccccc21)C1CCN(Cc2ccccc2)CC1. The summed E-state index contributed by atoms with van der Waals surface area (Å²) in [6.45, 7) is 5.92. The number of para-hydroxylation sites is 1. The Morgan fingerprint density at radius 1 is 0.964 bits per heavy atom. The number of nitrogens with zero attached hydrogens (tertiary/aromatic N) is 2. The van der Waals surface area contributed by atoms with E-state index in [1.807, 2.05) is 0 Å². The fourth-order valence-corrected chi connectivity index (χ4v) is 4.46. The number of nitrogens with one attached hydrogen (secondary N) is 1. The zero-order valence-electron chi connectivity index (χ0n) is 16.6. The van der Waals surface area contributed by atoms with Crippen LogP contribution in [0.1, 0.15) is 30.4 Å². The smallest absolute Gasteiger partial charge is 0.223 e. The van der Waals surface area contributed by atoms with E-state index in [9.17, 15) is 4.79 Å². The summed E-state index contributed by atoms with van der Waals surface area (Å²) in [7, 11) is 0. The second-order valence-corrected chi connectivity index (χ2v) is 8.05. The van der Waals surface area contributed by atoms with Gasteiger partial charge in [-0.2, -0.15) is 0 Å². The van der Waals surface area contributed by atoms with E-state index in [-0.39, 0.29) is 11.8 Å². The summed E-state index contributed by atoms with van der Waals surface area (Å²) in [6.07, 6.45) is 4.09. The summed E-state index contributed by atoms with van der Waals surface area (Å²) >= 11 is 0. The maximum absolute atomic E-state index is 12.5. The van der Waals surface area contributed by atoms with Gasteiger partial charge in [0.05, 0.1) is 0 Å². The van der Waals surface area contributed by atoms with Gasteiger partial charge in [0.25, 0.3) is 0 Å². The molecule has 1 saturated heterocycles. The van der Waals surface area contributed by atoms with E-state index in [0.29, 0.717) is 0 Å². The topological polar surface area (TPSA) is 35.6 Å². The van der Waals surface area contributed by atoms with Crippen molar-refractivity contribution in [3.63, 3.8) is 0 Å². The number of fused-ring (bicyclic) bond motifs is 1. The second-order valence-electron chi connectivity index (χ2n) is 8.05. The average Bonchev–Trinajstić information content (AvgIpc) is 3.15. The molecule has 0 aliphatic carbocycles. The van der Waals surface area contributed by atoms with E-state index >= 15 is 0 Å². The maximum atomic E-state index is 12.5. The van der Waals surface area contributed by atoms with E-state index in [1.54, 1.807) is 0 Å². The molecule has 4 nitrogen and oxygen atoms in total. The molecule has 2 aliphatic rings. The third-order valence-corrected chi connectivity index (χ3v) is 6.09. The van der Waals surface area contributed by atoms with Crippen LogP contribution in [0.4, 0.5) is 5.69 Å². The van der Waals surface area contributed by atoms with E-state index in [2.05, 4.69) is 69.7 Å². The lowest BCUT2D eigenvalue weighted by Gasteiger charge is -2.31. The van der Waals surface area contributed by atoms with Crippen LogP contribution >= 0.6 is 0 Å². The molecule has 148 valence electrons. The fourth-order valence-electron chi connectivity index (χ4n) is 4.46. The predicted octanol–water partition coefficient (Wildman–Crippen LogP) is 3.47.